The lowest BCUT2D eigenvalue weighted by molar-refractivity contribution is -0.117. The molecule has 4 rings (SSSR count). The average molecular weight is 461 g/mol. The number of carbonyl (C=O) groups is 2. The number of anilines is 3. The highest BCUT2D eigenvalue weighted by Gasteiger charge is 2.21. The summed E-state index contributed by atoms with van der Waals surface area (Å²) < 4.78 is 5.03. The van der Waals surface area contributed by atoms with Crippen LogP contribution in [0.5, 0.6) is 0 Å². The van der Waals surface area contributed by atoms with Crippen molar-refractivity contribution in [3.63, 3.8) is 0 Å². The third kappa shape index (κ3) is 5.78. The highest BCUT2D eigenvalue weighted by Crippen LogP contribution is 2.23. The maximum absolute atomic E-state index is 13.0. The highest BCUT2D eigenvalue weighted by molar-refractivity contribution is 6.30. The Balaban J connectivity index is 1.47. The van der Waals surface area contributed by atoms with E-state index in [1.54, 1.807) is 61.5 Å². The van der Waals surface area contributed by atoms with Gasteiger partial charge in [-0.05, 0) is 61.0 Å². The van der Waals surface area contributed by atoms with E-state index in [9.17, 15) is 9.59 Å². The zero-order valence-corrected chi connectivity index (χ0v) is 18.5. The quantitative estimate of drug-likeness (QED) is 0.329. The van der Waals surface area contributed by atoms with Gasteiger partial charge in [0.25, 0.3) is 11.8 Å². The Bertz CT molecular complexity index is 1240. The lowest BCUT2D eigenvalue weighted by Crippen LogP contribution is -2.27. The van der Waals surface area contributed by atoms with Crippen LogP contribution >= 0.6 is 11.6 Å². The molecule has 4 aromatic rings. The van der Waals surface area contributed by atoms with Gasteiger partial charge in [-0.1, -0.05) is 47.1 Å². The summed E-state index contributed by atoms with van der Waals surface area (Å²) in [4.78, 5) is 25.4. The first kappa shape index (κ1) is 22.1. The molecule has 3 aromatic carbocycles. The summed E-state index contributed by atoms with van der Waals surface area (Å²) in [5.74, 6) is 0.428. The van der Waals surface area contributed by atoms with Crippen LogP contribution in [0.15, 0.2) is 89.5 Å². The van der Waals surface area contributed by atoms with Gasteiger partial charge in [-0.2, -0.15) is 0 Å². The zero-order chi connectivity index (χ0) is 23.2. The molecule has 1 unspecified atom stereocenters. The van der Waals surface area contributed by atoms with E-state index >= 15 is 0 Å². The second kappa shape index (κ2) is 10.0. The number of nitrogens with zero attached hydrogens (tertiary/aromatic N) is 1. The van der Waals surface area contributed by atoms with Gasteiger partial charge in [0.1, 0.15) is 11.8 Å². The fourth-order valence-electron chi connectivity index (χ4n) is 3.19. The van der Waals surface area contributed by atoms with Crippen LogP contribution in [0.4, 0.5) is 17.2 Å². The molecule has 0 spiro atoms. The summed E-state index contributed by atoms with van der Waals surface area (Å²) in [5, 5.41) is 13.2. The zero-order valence-electron chi connectivity index (χ0n) is 17.7. The van der Waals surface area contributed by atoms with Crippen molar-refractivity contribution >= 4 is 40.6 Å². The molecular formula is C25H21ClN4O3. The van der Waals surface area contributed by atoms with E-state index in [2.05, 4.69) is 21.1 Å². The van der Waals surface area contributed by atoms with E-state index in [1.807, 2.05) is 30.3 Å². The fraction of sp³-hybridized carbons (Fsp3) is 0.0800. The third-order valence-corrected chi connectivity index (χ3v) is 5.09. The van der Waals surface area contributed by atoms with Crippen molar-refractivity contribution in [1.82, 2.24) is 5.16 Å². The van der Waals surface area contributed by atoms with Crippen molar-refractivity contribution in [2.45, 2.75) is 13.0 Å². The van der Waals surface area contributed by atoms with Crippen LogP contribution in [-0.4, -0.2) is 17.0 Å². The van der Waals surface area contributed by atoms with Gasteiger partial charge in [-0.25, -0.2) is 0 Å². The van der Waals surface area contributed by atoms with E-state index < -0.39 is 6.04 Å². The standard InChI is InChI=1S/C25H21ClN4O3/c1-16-15-22(30-33-16)29-25(32)23(17-5-3-2-4-6-17)27-20-11-13-21(14-12-20)28-24(31)18-7-9-19(26)10-8-18/h2-15,23,27H,1H3,(H,28,31)(H,29,30,32). The van der Waals surface area contributed by atoms with E-state index in [0.717, 1.165) is 5.56 Å². The Morgan fingerprint density at radius 2 is 1.55 bits per heavy atom. The lowest BCUT2D eigenvalue weighted by Gasteiger charge is -2.19. The van der Waals surface area contributed by atoms with E-state index in [4.69, 9.17) is 16.1 Å². The molecule has 1 atom stereocenters. The van der Waals surface area contributed by atoms with Crippen LogP contribution < -0.4 is 16.0 Å². The molecular weight excluding hydrogens is 440 g/mol. The van der Waals surface area contributed by atoms with Crippen molar-refractivity contribution in [3.05, 3.63) is 107 Å². The predicted octanol–water partition coefficient (Wildman–Crippen LogP) is 5.68. The number of halogens is 1. The molecule has 2 amide bonds. The van der Waals surface area contributed by atoms with Gasteiger partial charge in [-0.15, -0.1) is 0 Å². The molecule has 0 saturated heterocycles. The molecule has 166 valence electrons. The molecule has 7 nitrogen and oxygen atoms in total. The fourth-order valence-corrected chi connectivity index (χ4v) is 3.32. The van der Waals surface area contributed by atoms with Crippen LogP contribution in [0.3, 0.4) is 0 Å². The van der Waals surface area contributed by atoms with Crippen molar-refractivity contribution < 1.29 is 14.1 Å². The summed E-state index contributed by atoms with van der Waals surface area (Å²) in [6, 6.07) is 24.1. The predicted molar refractivity (Wildman–Crippen MR) is 129 cm³/mol. The monoisotopic (exact) mass is 460 g/mol. The van der Waals surface area contributed by atoms with Gasteiger partial charge in [0.2, 0.25) is 0 Å². The number of carbonyl (C=O) groups excluding carboxylic acids is 2. The minimum Gasteiger partial charge on any atom is -0.370 e. The summed E-state index contributed by atoms with van der Waals surface area (Å²) >= 11 is 5.87. The van der Waals surface area contributed by atoms with Gasteiger partial charge in [-0.3, -0.25) is 9.59 Å². The Labute approximate surface area is 195 Å². The lowest BCUT2D eigenvalue weighted by atomic mass is 10.1. The van der Waals surface area contributed by atoms with E-state index in [1.165, 1.54) is 0 Å². The van der Waals surface area contributed by atoms with Crippen LogP contribution in [0.1, 0.15) is 27.7 Å². The molecule has 0 aliphatic heterocycles. The van der Waals surface area contributed by atoms with Gasteiger partial charge in [0.05, 0.1) is 0 Å². The Kier molecular flexibility index (Phi) is 6.71. The molecule has 1 aromatic heterocycles. The third-order valence-electron chi connectivity index (χ3n) is 4.83. The summed E-state index contributed by atoms with van der Waals surface area (Å²) in [7, 11) is 0. The highest BCUT2D eigenvalue weighted by atomic mass is 35.5. The Morgan fingerprint density at radius 3 is 2.18 bits per heavy atom. The Morgan fingerprint density at radius 1 is 0.879 bits per heavy atom. The topological polar surface area (TPSA) is 96.3 Å². The minimum absolute atomic E-state index is 0.239. The second-order valence-electron chi connectivity index (χ2n) is 7.34. The first-order valence-electron chi connectivity index (χ1n) is 10.2. The van der Waals surface area contributed by atoms with Gasteiger partial charge >= 0.3 is 0 Å². The number of benzene rings is 3. The van der Waals surface area contributed by atoms with E-state index in [0.29, 0.717) is 33.5 Å². The first-order chi connectivity index (χ1) is 16.0. The van der Waals surface area contributed by atoms with E-state index in [-0.39, 0.29) is 11.8 Å². The van der Waals surface area contributed by atoms with Crippen molar-refractivity contribution in [2.24, 2.45) is 0 Å². The summed E-state index contributed by atoms with van der Waals surface area (Å²) in [6.45, 7) is 1.75. The minimum atomic E-state index is -0.669. The number of aromatic nitrogens is 1. The number of hydrogen-bond donors (Lipinski definition) is 3. The largest absolute Gasteiger partial charge is 0.370 e. The van der Waals surface area contributed by atoms with Crippen molar-refractivity contribution in [1.29, 1.82) is 0 Å². The molecule has 33 heavy (non-hydrogen) atoms. The number of aryl methyl sites for hydroxylation is 1. The van der Waals surface area contributed by atoms with Gasteiger partial charge < -0.3 is 20.5 Å². The number of hydrogen-bond acceptors (Lipinski definition) is 5. The van der Waals surface area contributed by atoms with Crippen LogP contribution in [-0.2, 0) is 4.79 Å². The second-order valence-corrected chi connectivity index (χ2v) is 7.77. The van der Waals surface area contributed by atoms with Crippen LogP contribution in [0.2, 0.25) is 5.02 Å². The maximum Gasteiger partial charge on any atom is 0.255 e. The van der Waals surface area contributed by atoms with Crippen molar-refractivity contribution in [3.8, 4) is 0 Å². The molecule has 3 N–H and O–H groups in total. The van der Waals surface area contributed by atoms with Gasteiger partial charge in [0, 0.05) is 28.0 Å². The molecule has 8 heteroatoms. The van der Waals surface area contributed by atoms with Crippen LogP contribution in [0.25, 0.3) is 0 Å². The Hall–Kier alpha value is -4.10. The molecule has 0 saturated carbocycles. The molecule has 0 aliphatic rings. The molecule has 0 aliphatic carbocycles. The SMILES string of the molecule is Cc1cc(NC(=O)C(Nc2ccc(NC(=O)c3ccc(Cl)cc3)cc2)c2ccccc2)no1. The molecule has 1 heterocycles. The molecule has 0 fully saturated rings. The average Bonchev–Trinajstić information content (AvgIpc) is 3.23. The van der Waals surface area contributed by atoms with Crippen molar-refractivity contribution in [2.75, 3.05) is 16.0 Å². The number of amides is 2. The number of rotatable bonds is 7. The maximum atomic E-state index is 13.0. The summed E-state index contributed by atoms with van der Waals surface area (Å²) in [6.07, 6.45) is 0. The molecule has 0 bridgehead atoms. The first-order valence-corrected chi connectivity index (χ1v) is 10.6. The van der Waals surface area contributed by atoms with Gasteiger partial charge in [0.15, 0.2) is 5.82 Å². The van der Waals surface area contributed by atoms with Crippen LogP contribution in [0, 0.1) is 6.92 Å². The number of nitrogens with one attached hydrogen (secondary N) is 3. The molecule has 0 radical (unpaired) electrons. The normalized spacial score (nSPS) is 11.5. The smallest absolute Gasteiger partial charge is 0.255 e. The summed E-state index contributed by atoms with van der Waals surface area (Å²) in [5.41, 5.74) is 2.62.